The molecular weight excluding hydrogens is 297 g/mol. The smallest absolute Gasteiger partial charge is 0.384 e. The summed E-state index contributed by atoms with van der Waals surface area (Å²) < 4.78 is 36.8. The van der Waals surface area contributed by atoms with Crippen molar-refractivity contribution in [3.05, 3.63) is 64.7 Å². The molecule has 0 saturated carbocycles. The number of thioether (sulfide) groups is 1. The first-order valence-corrected chi connectivity index (χ1v) is 7.19. The number of rotatable bonds is 3. The van der Waals surface area contributed by atoms with Crippen LogP contribution in [0.4, 0.5) is 13.2 Å². The number of aliphatic hydroxyl groups excluding tert-OH is 1. The SMILES string of the molecule is Cc1ccc(C)c(C(O)c2ccc(SC(F)(F)F)cc2)c1. The summed E-state index contributed by atoms with van der Waals surface area (Å²) in [6, 6.07) is 11.6. The molecule has 0 aliphatic heterocycles. The van der Waals surface area contributed by atoms with E-state index in [4.69, 9.17) is 0 Å². The van der Waals surface area contributed by atoms with Gasteiger partial charge in [0, 0.05) is 4.90 Å². The Hall–Kier alpha value is -1.46. The predicted molar refractivity (Wildman–Crippen MR) is 78.3 cm³/mol. The average molecular weight is 312 g/mol. The Kier molecular flexibility index (Phi) is 4.64. The normalized spacial score (nSPS) is 13.2. The van der Waals surface area contributed by atoms with E-state index >= 15 is 0 Å². The van der Waals surface area contributed by atoms with Gasteiger partial charge in [0.25, 0.3) is 0 Å². The van der Waals surface area contributed by atoms with Gasteiger partial charge in [0.1, 0.15) is 6.10 Å². The van der Waals surface area contributed by atoms with Crippen LogP contribution in [-0.2, 0) is 0 Å². The number of aliphatic hydroxyl groups is 1. The molecule has 0 fully saturated rings. The number of benzene rings is 2. The monoisotopic (exact) mass is 312 g/mol. The molecule has 0 bridgehead atoms. The van der Waals surface area contributed by atoms with Crippen molar-refractivity contribution < 1.29 is 18.3 Å². The topological polar surface area (TPSA) is 20.2 Å². The maximum atomic E-state index is 12.3. The van der Waals surface area contributed by atoms with Crippen LogP contribution >= 0.6 is 11.8 Å². The lowest BCUT2D eigenvalue weighted by atomic mass is 9.96. The van der Waals surface area contributed by atoms with Gasteiger partial charge in [0.2, 0.25) is 0 Å². The van der Waals surface area contributed by atoms with E-state index in [2.05, 4.69) is 0 Å². The second-order valence-corrected chi connectivity index (χ2v) is 6.02. The molecule has 0 saturated heterocycles. The van der Waals surface area contributed by atoms with E-state index in [0.29, 0.717) is 5.56 Å². The lowest BCUT2D eigenvalue weighted by molar-refractivity contribution is -0.0328. The second-order valence-electron chi connectivity index (χ2n) is 4.88. The van der Waals surface area contributed by atoms with Crippen LogP contribution in [0.15, 0.2) is 47.4 Å². The molecule has 21 heavy (non-hydrogen) atoms. The van der Waals surface area contributed by atoms with E-state index in [1.165, 1.54) is 24.3 Å². The zero-order valence-electron chi connectivity index (χ0n) is 11.6. The Balaban J connectivity index is 2.24. The Morgan fingerprint density at radius 3 is 2.19 bits per heavy atom. The van der Waals surface area contributed by atoms with Crippen LogP contribution in [0.5, 0.6) is 0 Å². The Labute approximate surface area is 125 Å². The van der Waals surface area contributed by atoms with Gasteiger partial charge < -0.3 is 5.11 Å². The van der Waals surface area contributed by atoms with Crippen LogP contribution in [0.25, 0.3) is 0 Å². The van der Waals surface area contributed by atoms with Gasteiger partial charge in [0.05, 0.1) is 0 Å². The number of alkyl halides is 3. The van der Waals surface area contributed by atoms with Crippen molar-refractivity contribution in [2.45, 2.75) is 30.4 Å². The summed E-state index contributed by atoms with van der Waals surface area (Å²) >= 11 is -0.159. The molecule has 1 N–H and O–H groups in total. The maximum Gasteiger partial charge on any atom is 0.446 e. The van der Waals surface area contributed by atoms with E-state index in [1.54, 1.807) is 0 Å². The summed E-state index contributed by atoms with van der Waals surface area (Å²) in [6.45, 7) is 3.82. The molecule has 5 heteroatoms. The van der Waals surface area contributed by atoms with E-state index in [9.17, 15) is 18.3 Å². The van der Waals surface area contributed by atoms with Gasteiger partial charge in [-0.1, -0.05) is 35.9 Å². The number of aryl methyl sites for hydroxylation is 2. The fourth-order valence-electron chi connectivity index (χ4n) is 2.09. The molecule has 0 aliphatic rings. The van der Waals surface area contributed by atoms with Gasteiger partial charge in [-0.25, -0.2) is 0 Å². The van der Waals surface area contributed by atoms with Gasteiger partial charge in [-0.15, -0.1) is 0 Å². The van der Waals surface area contributed by atoms with Crippen molar-refractivity contribution in [3.63, 3.8) is 0 Å². The van der Waals surface area contributed by atoms with Crippen LogP contribution in [0.2, 0.25) is 0 Å². The first kappa shape index (κ1) is 15.9. The molecular formula is C16H15F3OS. The van der Waals surface area contributed by atoms with Crippen LogP contribution in [0.1, 0.15) is 28.4 Å². The van der Waals surface area contributed by atoms with E-state index in [0.717, 1.165) is 16.7 Å². The summed E-state index contributed by atoms with van der Waals surface area (Å²) in [5.41, 5.74) is -0.977. The van der Waals surface area contributed by atoms with Crippen LogP contribution in [0, 0.1) is 13.8 Å². The number of halogens is 3. The minimum atomic E-state index is -4.30. The zero-order valence-corrected chi connectivity index (χ0v) is 12.4. The molecule has 112 valence electrons. The van der Waals surface area contributed by atoms with Crippen molar-refractivity contribution in [3.8, 4) is 0 Å². The third-order valence-electron chi connectivity index (χ3n) is 3.16. The van der Waals surface area contributed by atoms with Gasteiger partial charge in [-0.05, 0) is 54.4 Å². The molecule has 1 atom stereocenters. The highest BCUT2D eigenvalue weighted by molar-refractivity contribution is 8.00. The summed E-state index contributed by atoms with van der Waals surface area (Å²) in [6.07, 6.45) is -0.838. The molecule has 0 heterocycles. The van der Waals surface area contributed by atoms with Crippen LogP contribution in [-0.4, -0.2) is 10.6 Å². The highest BCUT2D eigenvalue weighted by Crippen LogP contribution is 2.37. The molecule has 1 unspecified atom stereocenters. The van der Waals surface area contributed by atoms with Crippen LogP contribution in [0.3, 0.4) is 0 Å². The largest absolute Gasteiger partial charge is 0.446 e. The second kappa shape index (κ2) is 6.12. The summed E-state index contributed by atoms with van der Waals surface area (Å²) in [5.74, 6) is 0. The van der Waals surface area contributed by atoms with E-state index in [-0.39, 0.29) is 16.7 Å². The van der Waals surface area contributed by atoms with Crippen molar-refractivity contribution in [2.75, 3.05) is 0 Å². The maximum absolute atomic E-state index is 12.3. The van der Waals surface area contributed by atoms with Crippen molar-refractivity contribution in [1.82, 2.24) is 0 Å². The van der Waals surface area contributed by atoms with Crippen molar-refractivity contribution >= 4 is 11.8 Å². The molecule has 0 amide bonds. The van der Waals surface area contributed by atoms with Gasteiger partial charge in [-0.3, -0.25) is 0 Å². The molecule has 0 spiro atoms. The highest BCUT2D eigenvalue weighted by atomic mass is 32.2. The lowest BCUT2D eigenvalue weighted by Crippen LogP contribution is -2.03. The summed E-state index contributed by atoms with van der Waals surface area (Å²) in [7, 11) is 0. The summed E-state index contributed by atoms with van der Waals surface area (Å²) in [5, 5.41) is 10.4. The first-order valence-electron chi connectivity index (χ1n) is 6.37. The van der Waals surface area contributed by atoms with E-state index in [1.807, 2.05) is 32.0 Å². The Morgan fingerprint density at radius 2 is 1.62 bits per heavy atom. The molecule has 0 aliphatic carbocycles. The third kappa shape index (κ3) is 4.25. The lowest BCUT2D eigenvalue weighted by Gasteiger charge is -2.15. The molecule has 2 aromatic carbocycles. The zero-order chi connectivity index (χ0) is 15.6. The van der Waals surface area contributed by atoms with Gasteiger partial charge in [-0.2, -0.15) is 13.2 Å². The molecule has 0 radical (unpaired) electrons. The minimum absolute atomic E-state index is 0.111. The number of hydrogen-bond acceptors (Lipinski definition) is 2. The van der Waals surface area contributed by atoms with Gasteiger partial charge in [0.15, 0.2) is 0 Å². The van der Waals surface area contributed by atoms with Crippen molar-refractivity contribution in [2.24, 2.45) is 0 Å². The molecule has 2 rings (SSSR count). The van der Waals surface area contributed by atoms with Crippen molar-refractivity contribution in [1.29, 1.82) is 0 Å². The predicted octanol–water partition coefficient (Wildman–Crippen LogP) is 5.00. The fraction of sp³-hybridized carbons (Fsp3) is 0.250. The Morgan fingerprint density at radius 1 is 1.00 bits per heavy atom. The summed E-state index contributed by atoms with van der Waals surface area (Å²) in [4.78, 5) is 0.111. The number of hydrogen-bond donors (Lipinski definition) is 1. The quantitative estimate of drug-likeness (QED) is 0.805. The molecule has 2 aromatic rings. The third-order valence-corrected chi connectivity index (χ3v) is 3.90. The Bertz CT molecular complexity index is 620. The van der Waals surface area contributed by atoms with Crippen LogP contribution < -0.4 is 0 Å². The standard InChI is InChI=1S/C16H15F3OS/c1-10-3-4-11(2)14(9-10)15(20)12-5-7-13(8-6-12)21-16(17,18)19/h3-9,15,20H,1-2H3. The minimum Gasteiger partial charge on any atom is -0.384 e. The van der Waals surface area contributed by atoms with Gasteiger partial charge >= 0.3 is 5.51 Å². The average Bonchev–Trinajstić information content (AvgIpc) is 2.40. The van der Waals surface area contributed by atoms with E-state index < -0.39 is 11.6 Å². The molecule has 1 nitrogen and oxygen atoms in total. The highest BCUT2D eigenvalue weighted by Gasteiger charge is 2.29. The first-order chi connectivity index (χ1) is 9.76. The molecule has 0 aromatic heterocycles. The fourth-order valence-corrected chi connectivity index (χ4v) is 2.63.